The smallest absolute Gasteiger partial charge is 0.807 e. The molecule has 0 aliphatic carbocycles. The van der Waals surface area contributed by atoms with Crippen molar-refractivity contribution in [3.8, 4) is 0 Å². The number of rotatable bonds is 1. The van der Waals surface area contributed by atoms with Gasteiger partial charge in [0.05, 0.1) is 0 Å². The van der Waals surface area contributed by atoms with Gasteiger partial charge in [0.1, 0.15) is 0 Å². The molecule has 0 spiro atoms. The van der Waals surface area contributed by atoms with Crippen LogP contribution in [0, 0.1) is 0 Å². The fourth-order valence-electron chi connectivity index (χ4n) is 0.611. The summed E-state index contributed by atoms with van der Waals surface area (Å²) >= 11 is 0. The van der Waals surface area contributed by atoms with Gasteiger partial charge in [-0.15, -0.1) is 0 Å². The van der Waals surface area contributed by atoms with E-state index in [2.05, 4.69) is 0 Å². The van der Waals surface area contributed by atoms with Crippen LogP contribution in [0.1, 0.15) is 0 Å². The van der Waals surface area contributed by atoms with Crippen molar-refractivity contribution in [1.82, 2.24) is 0 Å². The molecule has 0 aromatic heterocycles. The molecule has 0 unspecified atom stereocenters. The molecule has 1 aromatic carbocycles. The molecule has 0 saturated heterocycles. The molecule has 0 amide bonds. The van der Waals surface area contributed by atoms with Crippen LogP contribution < -0.4 is 15.1 Å². The van der Waals surface area contributed by atoms with Crippen LogP contribution in [0.5, 0.6) is 0 Å². The van der Waals surface area contributed by atoms with Crippen LogP contribution in [0.3, 0.4) is 0 Å². The van der Waals surface area contributed by atoms with Crippen LogP contribution in [0.15, 0.2) is 30.3 Å². The zero-order chi connectivity index (χ0) is 7.61. The molecule has 0 saturated carbocycles. The first-order valence-electron chi connectivity index (χ1n) is 2.68. The van der Waals surface area contributed by atoms with E-state index < -0.39 is 7.60 Å². The summed E-state index contributed by atoms with van der Waals surface area (Å²) in [5, 5.41) is -0.157. The summed E-state index contributed by atoms with van der Waals surface area (Å²) in [6, 6.07) is 7.23. The van der Waals surface area contributed by atoms with Crippen LogP contribution in [-0.2, 0) is 21.3 Å². The van der Waals surface area contributed by atoms with Gasteiger partial charge in [0.25, 0.3) is 0 Å². The molecular weight excluding hydrogens is 210 g/mol. The van der Waals surface area contributed by atoms with Gasteiger partial charge < -0.3 is 14.4 Å². The van der Waals surface area contributed by atoms with Crippen LogP contribution >= 0.6 is 7.60 Å². The second-order valence-corrected chi connectivity index (χ2v) is 3.34. The van der Waals surface area contributed by atoms with Gasteiger partial charge in [-0.25, -0.2) is 0 Å². The minimum atomic E-state index is -4.52. The Labute approximate surface area is 74.8 Å². The fraction of sp³-hybridized carbons (Fsp3) is 0. The van der Waals surface area contributed by atoms with Crippen molar-refractivity contribution in [3.63, 3.8) is 0 Å². The molecule has 0 aliphatic heterocycles. The monoisotopic (exact) mass is 215 g/mol. The zero-order valence-electron chi connectivity index (χ0n) is 5.39. The fourth-order valence-corrected chi connectivity index (χ4v) is 1.15. The van der Waals surface area contributed by atoms with Crippen molar-refractivity contribution >= 4 is 12.9 Å². The van der Waals surface area contributed by atoms with E-state index in [0.717, 1.165) is 0 Å². The molecule has 0 aliphatic rings. The van der Waals surface area contributed by atoms with Crippen molar-refractivity contribution < 1.29 is 31.1 Å². The van der Waals surface area contributed by atoms with Crippen LogP contribution in [-0.4, -0.2) is 0 Å². The van der Waals surface area contributed by atoms with Crippen LogP contribution in [0.4, 0.5) is 0 Å². The van der Waals surface area contributed by atoms with Gasteiger partial charge in [-0.2, -0.15) is 0 Å². The van der Waals surface area contributed by atoms with Crippen molar-refractivity contribution in [3.05, 3.63) is 30.3 Å². The van der Waals surface area contributed by atoms with E-state index in [1.807, 2.05) is 0 Å². The Morgan fingerprint density at radius 3 is 1.82 bits per heavy atom. The number of benzene rings is 1. The van der Waals surface area contributed by atoms with Gasteiger partial charge in [0.2, 0.25) is 0 Å². The van der Waals surface area contributed by atoms with Gasteiger partial charge in [-0.05, 0) is 12.9 Å². The predicted octanol–water partition coefficient (Wildman–Crippen LogP) is -0.777. The third kappa shape index (κ3) is 3.18. The molecule has 1 rings (SSSR count). The number of hydrogen-bond donors (Lipinski definition) is 0. The topological polar surface area (TPSA) is 63.2 Å². The Morgan fingerprint density at radius 2 is 1.55 bits per heavy atom. The number of hydrogen-bond acceptors (Lipinski definition) is 3. The molecule has 0 N–H and O–H groups in total. The van der Waals surface area contributed by atoms with Gasteiger partial charge in [0, 0.05) is 0 Å². The Morgan fingerprint density at radius 1 is 1.09 bits per heavy atom. The Hall–Kier alpha value is -0.124. The molecule has 0 bridgehead atoms. The molecule has 1 radical (unpaired) electrons. The van der Waals surface area contributed by atoms with Crippen molar-refractivity contribution in [2.75, 3.05) is 0 Å². The minimum Gasteiger partial charge on any atom is -0.807 e. The van der Waals surface area contributed by atoms with E-state index in [1.54, 1.807) is 6.07 Å². The summed E-state index contributed by atoms with van der Waals surface area (Å²) in [4.78, 5) is 20.6. The maximum atomic E-state index is 10.3. The molecular formula is C6H5CoO3P. The molecule has 3 nitrogen and oxygen atoms in total. The van der Waals surface area contributed by atoms with Gasteiger partial charge in [0.15, 0.2) is 0 Å². The maximum Gasteiger partial charge on any atom is 2.00 e. The predicted molar refractivity (Wildman–Crippen MR) is 33.7 cm³/mol. The summed E-state index contributed by atoms with van der Waals surface area (Å²) in [5.41, 5.74) is 0. The normalized spacial score (nSPS) is 10.4. The minimum absolute atomic E-state index is 0. The second-order valence-electron chi connectivity index (χ2n) is 1.83. The van der Waals surface area contributed by atoms with Crippen molar-refractivity contribution in [2.24, 2.45) is 0 Å². The summed E-state index contributed by atoms with van der Waals surface area (Å²) in [6.45, 7) is 0. The van der Waals surface area contributed by atoms with Gasteiger partial charge in [-0.3, -0.25) is 0 Å². The molecule has 1 aromatic rings. The zero-order valence-corrected chi connectivity index (χ0v) is 7.33. The van der Waals surface area contributed by atoms with E-state index in [1.165, 1.54) is 24.3 Å². The first-order valence-corrected chi connectivity index (χ1v) is 4.22. The first-order chi connectivity index (χ1) is 4.61. The molecule has 61 valence electrons. The average molecular weight is 215 g/mol. The van der Waals surface area contributed by atoms with Crippen molar-refractivity contribution in [1.29, 1.82) is 0 Å². The third-order valence-electron chi connectivity index (χ3n) is 1.07. The molecule has 0 heterocycles. The summed E-state index contributed by atoms with van der Waals surface area (Å²) in [5.74, 6) is 0. The molecule has 0 atom stereocenters. The van der Waals surface area contributed by atoms with E-state index in [-0.39, 0.29) is 22.1 Å². The largest absolute Gasteiger partial charge is 2.00 e. The van der Waals surface area contributed by atoms with Crippen LogP contribution in [0.25, 0.3) is 0 Å². The molecule has 5 heteroatoms. The Bertz CT molecular complexity index is 256. The summed E-state index contributed by atoms with van der Waals surface area (Å²) in [6.07, 6.45) is 0. The average Bonchev–Trinajstić information content (AvgIpc) is 1.88. The summed E-state index contributed by atoms with van der Waals surface area (Å²) < 4.78 is 10.3. The molecule has 0 fully saturated rings. The van der Waals surface area contributed by atoms with Crippen LogP contribution in [0.2, 0.25) is 0 Å². The van der Waals surface area contributed by atoms with E-state index in [0.29, 0.717) is 0 Å². The molecule has 11 heavy (non-hydrogen) atoms. The maximum absolute atomic E-state index is 10.3. The Kier molecular flexibility index (Phi) is 4.00. The van der Waals surface area contributed by atoms with Crippen molar-refractivity contribution in [2.45, 2.75) is 0 Å². The second kappa shape index (κ2) is 4.04. The Balaban J connectivity index is 0.000001000. The first kappa shape index (κ1) is 10.9. The quantitative estimate of drug-likeness (QED) is 0.577. The summed E-state index contributed by atoms with van der Waals surface area (Å²) in [7, 11) is -4.52. The third-order valence-corrected chi connectivity index (χ3v) is 2.00. The SMILES string of the molecule is O=P([O-])([O-])c1ccccc1.[Co+2]. The van der Waals surface area contributed by atoms with E-state index in [9.17, 15) is 14.4 Å². The van der Waals surface area contributed by atoms with Gasteiger partial charge >= 0.3 is 16.8 Å². The van der Waals surface area contributed by atoms with E-state index in [4.69, 9.17) is 0 Å². The standard InChI is InChI=1S/C6H7O3P.Co/c7-10(8,9)6-4-2-1-3-5-6;/h1-5H,(H2,7,8,9);/q;+2/p-2. The van der Waals surface area contributed by atoms with Gasteiger partial charge in [-0.1, -0.05) is 30.3 Å². The van der Waals surface area contributed by atoms with E-state index >= 15 is 0 Å².